The van der Waals surface area contributed by atoms with Gasteiger partial charge in [-0.25, -0.2) is 0 Å². The summed E-state index contributed by atoms with van der Waals surface area (Å²) in [7, 11) is 0. The van der Waals surface area contributed by atoms with Crippen LogP contribution in [-0.2, 0) is 13.1 Å². The molecule has 2 aromatic carbocycles. The van der Waals surface area contributed by atoms with E-state index in [9.17, 15) is 0 Å². The van der Waals surface area contributed by atoms with E-state index in [4.69, 9.17) is 11.6 Å². The SMILES string of the molecule is Clc1ccc(CNCc2cccc(Br)c2)cc1. The highest BCUT2D eigenvalue weighted by Gasteiger charge is 1.95. The molecule has 0 aliphatic rings. The van der Waals surface area contributed by atoms with Gasteiger partial charge in [-0.2, -0.15) is 0 Å². The molecule has 0 atom stereocenters. The molecule has 0 saturated heterocycles. The zero-order valence-corrected chi connectivity index (χ0v) is 11.6. The zero-order chi connectivity index (χ0) is 12.1. The molecular weight excluding hydrogens is 298 g/mol. The minimum absolute atomic E-state index is 0.778. The van der Waals surface area contributed by atoms with Gasteiger partial charge in [-0.1, -0.05) is 51.8 Å². The summed E-state index contributed by atoms with van der Waals surface area (Å²) in [4.78, 5) is 0. The summed E-state index contributed by atoms with van der Waals surface area (Å²) < 4.78 is 1.11. The summed E-state index contributed by atoms with van der Waals surface area (Å²) >= 11 is 9.30. The van der Waals surface area contributed by atoms with Crippen LogP contribution in [0.15, 0.2) is 53.0 Å². The summed E-state index contributed by atoms with van der Waals surface area (Å²) in [5.74, 6) is 0. The molecular formula is C14H13BrClN. The predicted octanol–water partition coefficient (Wildman–Crippen LogP) is 4.39. The lowest BCUT2D eigenvalue weighted by Gasteiger charge is -2.05. The van der Waals surface area contributed by atoms with Crippen LogP contribution in [0.25, 0.3) is 0 Å². The summed E-state index contributed by atoms with van der Waals surface area (Å²) in [6.07, 6.45) is 0. The van der Waals surface area contributed by atoms with Crippen LogP contribution in [-0.4, -0.2) is 0 Å². The van der Waals surface area contributed by atoms with E-state index in [1.807, 2.05) is 36.4 Å². The predicted molar refractivity (Wildman–Crippen MR) is 76.1 cm³/mol. The summed E-state index contributed by atoms with van der Waals surface area (Å²) in [5.41, 5.74) is 2.51. The maximum absolute atomic E-state index is 5.83. The summed E-state index contributed by atoms with van der Waals surface area (Å²) in [6.45, 7) is 1.71. The first-order valence-electron chi connectivity index (χ1n) is 5.43. The van der Waals surface area contributed by atoms with Crippen molar-refractivity contribution in [1.29, 1.82) is 0 Å². The average molecular weight is 311 g/mol. The van der Waals surface area contributed by atoms with Gasteiger partial charge in [0.25, 0.3) is 0 Å². The molecule has 0 bridgehead atoms. The molecule has 2 rings (SSSR count). The Morgan fingerprint density at radius 1 is 0.941 bits per heavy atom. The third-order valence-electron chi connectivity index (χ3n) is 2.46. The van der Waals surface area contributed by atoms with Gasteiger partial charge in [-0.15, -0.1) is 0 Å². The van der Waals surface area contributed by atoms with Gasteiger partial charge < -0.3 is 5.32 Å². The van der Waals surface area contributed by atoms with Gasteiger partial charge in [-0.3, -0.25) is 0 Å². The topological polar surface area (TPSA) is 12.0 Å². The van der Waals surface area contributed by atoms with Crippen molar-refractivity contribution in [2.75, 3.05) is 0 Å². The van der Waals surface area contributed by atoms with Crippen molar-refractivity contribution in [3.8, 4) is 0 Å². The number of benzene rings is 2. The molecule has 3 heteroatoms. The average Bonchev–Trinajstić information content (AvgIpc) is 2.32. The van der Waals surface area contributed by atoms with Gasteiger partial charge in [0, 0.05) is 22.6 Å². The molecule has 0 fully saturated rings. The van der Waals surface area contributed by atoms with Gasteiger partial charge in [0.1, 0.15) is 0 Å². The number of nitrogens with one attached hydrogen (secondary N) is 1. The lowest BCUT2D eigenvalue weighted by molar-refractivity contribution is 0.693. The van der Waals surface area contributed by atoms with Gasteiger partial charge in [0.05, 0.1) is 0 Å². The smallest absolute Gasteiger partial charge is 0.0406 e. The van der Waals surface area contributed by atoms with Gasteiger partial charge in [0.2, 0.25) is 0 Å². The molecule has 2 aromatic rings. The van der Waals surface area contributed by atoms with E-state index in [1.165, 1.54) is 11.1 Å². The zero-order valence-electron chi connectivity index (χ0n) is 9.29. The lowest BCUT2D eigenvalue weighted by Crippen LogP contribution is -2.12. The number of halogens is 2. The number of rotatable bonds is 4. The summed E-state index contributed by atoms with van der Waals surface area (Å²) in [6, 6.07) is 16.2. The Morgan fingerprint density at radius 2 is 1.65 bits per heavy atom. The quantitative estimate of drug-likeness (QED) is 0.883. The molecule has 0 spiro atoms. The standard InChI is InChI=1S/C14H13BrClN/c15-13-3-1-2-12(8-13)10-17-9-11-4-6-14(16)7-5-11/h1-8,17H,9-10H2. The number of hydrogen-bond donors (Lipinski definition) is 1. The lowest BCUT2D eigenvalue weighted by atomic mass is 10.2. The molecule has 0 radical (unpaired) electrons. The molecule has 1 N–H and O–H groups in total. The minimum Gasteiger partial charge on any atom is -0.309 e. The second kappa shape index (κ2) is 6.20. The van der Waals surface area contributed by atoms with Crippen LogP contribution >= 0.6 is 27.5 Å². The Labute approximate surface area is 115 Å². The molecule has 0 aromatic heterocycles. The molecule has 1 nitrogen and oxygen atoms in total. The maximum atomic E-state index is 5.83. The highest BCUT2D eigenvalue weighted by molar-refractivity contribution is 9.10. The van der Waals surface area contributed by atoms with E-state index in [1.54, 1.807) is 0 Å². The Balaban J connectivity index is 1.85. The first-order chi connectivity index (χ1) is 8.24. The third kappa shape index (κ3) is 4.15. The monoisotopic (exact) mass is 309 g/mol. The van der Waals surface area contributed by atoms with Crippen molar-refractivity contribution in [2.24, 2.45) is 0 Å². The van der Waals surface area contributed by atoms with Crippen molar-refractivity contribution >= 4 is 27.5 Å². The second-order valence-electron chi connectivity index (χ2n) is 3.86. The van der Waals surface area contributed by atoms with Gasteiger partial charge >= 0.3 is 0 Å². The van der Waals surface area contributed by atoms with Crippen LogP contribution in [0.3, 0.4) is 0 Å². The highest BCUT2D eigenvalue weighted by atomic mass is 79.9. The van der Waals surface area contributed by atoms with Crippen LogP contribution in [0.1, 0.15) is 11.1 Å². The normalized spacial score (nSPS) is 10.5. The molecule has 17 heavy (non-hydrogen) atoms. The van der Waals surface area contributed by atoms with Crippen LogP contribution in [0, 0.1) is 0 Å². The van der Waals surface area contributed by atoms with E-state index in [0.29, 0.717) is 0 Å². The Bertz CT molecular complexity index is 482. The Morgan fingerprint density at radius 3 is 2.35 bits per heavy atom. The van der Waals surface area contributed by atoms with E-state index in [0.717, 1.165) is 22.6 Å². The Kier molecular flexibility index (Phi) is 4.60. The fourth-order valence-electron chi connectivity index (χ4n) is 1.60. The van der Waals surface area contributed by atoms with Crippen molar-refractivity contribution in [3.05, 3.63) is 69.2 Å². The van der Waals surface area contributed by atoms with E-state index >= 15 is 0 Å². The van der Waals surface area contributed by atoms with Gasteiger partial charge in [0.15, 0.2) is 0 Å². The van der Waals surface area contributed by atoms with Crippen LogP contribution in [0.2, 0.25) is 5.02 Å². The summed E-state index contributed by atoms with van der Waals surface area (Å²) in [5, 5.41) is 4.18. The number of hydrogen-bond acceptors (Lipinski definition) is 1. The highest BCUT2D eigenvalue weighted by Crippen LogP contribution is 2.12. The van der Waals surface area contributed by atoms with Crippen molar-refractivity contribution in [2.45, 2.75) is 13.1 Å². The molecule has 0 aliphatic carbocycles. The van der Waals surface area contributed by atoms with Crippen molar-refractivity contribution < 1.29 is 0 Å². The molecule has 0 unspecified atom stereocenters. The van der Waals surface area contributed by atoms with E-state index < -0.39 is 0 Å². The fourth-order valence-corrected chi connectivity index (χ4v) is 2.17. The van der Waals surface area contributed by atoms with Crippen LogP contribution in [0.4, 0.5) is 0 Å². The van der Waals surface area contributed by atoms with Crippen LogP contribution in [0.5, 0.6) is 0 Å². The minimum atomic E-state index is 0.778. The fraction of sp³-hybridized carbons (Fsp3) is 0.143. The first-order valence-corrected chi connectivity index (χ1v) is 6.61. The van der Waals surface area contributed by atoms with Gasteiger partial charge in [-0.05, 0) is 35.4 Å². The molecule has 0 aliphatic heterocycles. The molecule has 0 amide bonds. The largest absolute Gasteiger partial charge is 0.309 e. The van der Waals surface area contributed by atoms with E-state index in [-0.39, 0.29) is 0 Å². The molecule has 0 saturated carbocycles. The van der Waals surface area contributed by atoms with Crippen molar-refractivity contribution in [3.63, 3.8) is 0 Å². The second-order valence-corrected chi connectivity index (χ2v) is 5.21. The van der Waals surface area contributed by atoms with Crippen molar-refractivity contribution in [1.82, 2.24) is 5.32 Å². The molecule has 88 valence electrons. The Hall–Kier alpha value is -0.830. The third-order valence-corrected chi connectivity index (χ3v) is 3.21. The molecule has 0 heterocycles. The van der Waals surface area contributed by atoms with Crippen LogP contribution < -0.4 is 5.32 Å². The van der Waals surface area contributed by atoms with E-state index in [2.05, 4.69) is 33.4 Å². The first kappa shape index (κ1) is 12.6. The maximum Gasteiger partial charge on any atom is 0.0406 e.